The first kappa shape index (κ1) is 15.8. The van der Waals surface area contributed by atoms with Gasteiger partial charge >= 0.3 is 0 Å². The van der Waals surface area contributed by atoms with Crippen molar-refractivity contribution in [2.75, 3.05) is 6.61 Å². The first-order chi connectivity index (χ1) is 10.9. The molecule has 23 heavy (non-hydrogen) atoms. The molecule has 0 bridgehead atoms. The van der Waals surface area contributed by atoms with Gasteiger partial charge in [0.15, 0.2) is 11.9 Å². The fourth-order valence-electron chi connectivity index (χ4n) is 2.95. The van der Waals surface area contributed by atoms with Crippen LogP contribution < -0.4 is 26.1 Å². The van der Waals surface area contributed by atoms with Gasteiger partial charge in [0.25, 0.3) is 0 Å². The van der Waals surface area contributed by atoms with Gasteiger partial charge in [-0.25, -0.2) is 0 Å². The largest absolute Gasteiger partial charge is 1.00 e. The van der Waals surface area contributed by atoms with Crippen molar-refractivity contribution >= 4 is 27.3 Å². The van der Waals surface area contributed by atoms with Gasteiger partial charge in [-0.2, -0.15) is 4.40 Å². The highest BCUT2D eigenvalue weighted by Crippen LogP contribution is 2.26. The van der Waals surface area contributed by atoms with E-state index in [-0.39, 0.29) is 17.0 Å². The van der Waals surface area contributed by atoms with Crippen molar-refractivity contribution in [3.8, 4) is 5.75 Å². The average molecular weight is 371 g/mol. The zero-order chi connectivity index (χ0) is 14.9. The van der Waals surface area contributed by atoms with Crippen LogP contribution in [0.4, 0.5) is 0 Å². The van der Waals surface area contributed by atoms with Crippen LogP contribution >= 0.6 is 0 Å². The number of hydrogen-bond acceptors (Lipinski definition) is 1. The Balaban J connectivity index is 0.00000156. The van der Waals surface area contributed by atoms with Crippen molar-refractivity contribution in [2.24, 2.45) is 0 Å². The van der Waals surface area contributed by atoms with E-state index >= 15 is 0 Å². The molecule has 0 amide bonds. The smallest absolute Gasteiger partial charge is 0.235 e. The van der Waals surface area contributed by atoms with E-state index in [4.69, 9.17) is 4.74 Å². The molecule has 0 saturated heterocycles. The lowest BCUT2D eigenvalue weighted by molar-refractivity contribution is -0.511. The number of pyridine rings is 2. The lowest BCUT2D eigenvalue weighted by Crippen LogP contribution is -3.00. The lowest BCUT2D eigenvalue weighted by Gasteiger charge is -2.03. The quantitative estimate of drug-likeness (QED) is 0.425. The third-order valence-corrected chi connectivity index (χ3v) is 4.12. The van der Waals surface area contributed by atoms with Crippen LogP contribution in [0.2, 0.25) is 0 Å². The van der Waals surface area contributed by atoms with Gasteiger partial charge in [0, 0.05) is 28.4 Å². The van der Waals surface area contributed by atoms with Crippen molar-refractivity contribution in [1.29, 1.82) is 0 Å². The number of nitrogens with zero attached hydrogens (tertiary/aromatic N) is 1. The van der Waals surface area contributed by atoms with E-state index in [0.29, 0.717) is 0 Å². The molecule has 0 spiro atoms. The van der Waals surface area contributed by atoms with Gasteiger partial charge in [-0.1, -0.05) is 31.5 Å². The SMILES string of the molecule is CCCCOc1ccc2c3[nH]c4ccccc4c3cc[n+]2c1.[Br-]. The highest BCUT2D eigenvalue weighted by atomic mass is 79.9. The number of unbranched alkanes of at least 4 members (excludes halogenated alkanes) is 1. The van der Waals surface area contributed by atoms with E-state index in [0.717, 1.165) is 30.7 Å². The number of rotatable bonds is 4. The molecule has 0 aliphatic rings. The summed E-state index contributed by atoms with van der Waals surface area (Å²) in [5, 5.41) is 2.53. The number of nitrogens with one attached hydrogen (secondary N) is 1. The Kier molecular flexibility index (Phi) is 4.53. The van der Waals surface area contributed by atoms with Crippen molar-refractivity contribution in [3.05, 3.63) is 54.9 Å². The summed E-state index contributed by atoms with van der Waals surface area (Å²) in [4.78, 5) is 3.53. The number of H-pyrrole nitrogens is 1. The molecule has 118 valence electrons. The fourth-order valence-corrected chi connectivity index (χ4v) is 2.95. The first-order valence-electron chi connectivity index (χ1n) is 7.84. The third kappa shape index (κ3) is 2.79. The number of benzene rings is 1. The molecule has 3 aromatic heterocycles. The molecule has 0 fully saturated rings. The molecule has 0 aliphatic carbocycles. The topological polar surface area (TPSA) is 29.1 Å². The maximum atomic E-state index is 5.79. The Morgan fingerprint density at radius 1 is 1.04 bits per heavy atom. The number of ether oxygens (including phenoxy) is 1. The number of fused-ring (bicyclic) bond motifs is 5. The molecule has 4 rings (SSSR count). The molecule has 0 aliphatic heterocycles. The van der Waals surface area contributed by atoms with Crippen LogP contribution in [0.1, 0.15) is 19.8 Å². The molecule has 0 radical (unpaired) electrons. The molecular weight excluding hydrogens is 352 g/mol. The zero-order valence-electron chi connectivity index (χ0n) is 13.1. The highest BCUT2D eigenvalue weighted by Gasteiger charge is 2.13. The summed E-state index contributed by atoms with van der Waals surface area (Å²) in [6.45, 7) is 2.95. The second kappa shape index (κ2) is 6.59. The number of para-hydroxylation sites is 1. The lowest BCUT2D eigenvalue weighted by atomic mass is 10.1. The van der Waals surface area contributed by atoms with Crippen LogP contribution in [-0.4, -0.2) is 11.6 Å². The number of hydrogen-bond donors (Lipinski definition) is 1. The van der Waals surface area contributed by atoms with Crippen molar-refractivity contribution in [2.45, 2.75) is 19.8 Å². The van der Waals surface area contributed by atoms with Crippen LogP contribution in [0.15, 0.2) is 54.9 Å². The summed E-state index contributed by atoms with van der Waals surface area (Å²) in [7, 11) is 0. The normalized spacial score (nSPS) is 11.0. The van der Waals surface area contributed by atoms with Crippen LogP contribution in [0, 0.1) is 0 Å². The molecular formula is C19H19BrN2O. The maximum Gasteiger partial charge on any atom is 0.235 e. The van der Waals surface area contributed by atoms with Crippen LogP contribution in [0.3, 0.4) is 0 Å². The zero-order valence-corrected chi connectivity index (χ0v) is 14.6. The molecule has 4 heteroatoms. The standard InChI is InChI=1S/C19H18N2O.BrH/c1-2-3-12-22-14-8-9-18-19-16(10-11-21(18)13-14)15-6-4-5-7-17(15)20-19;/h4-11,13H,2-3,12H2,1H3;1H. The second-order valence-electron chi connectivity index (χ2n) is 5.63. The van der Waals surface area contributed by atoms with Crippen LogP contribution in [0.5, 0.6) is 5.75 Å². The predicted molar refractivity (Wildman–Crippen MR) is 89.4 cm³/mol. The summed E-state index contributed by atoms with van der Waals surface area (Å²) < 4.78 is 7.92. The first-order valence-corrected chi connectivity index (χ1v) is 7.84. The highest BCUT2D eigenvalue weighted by molar-refractivity contribution is 6.10. The van der Waals surface area contributed by atoms with Gasteiger partial charge < -0.3 is 26.7 Å². The van der Waals surface area contributed by atoms with Gasteiger partial charge in [0.1, 0.15) is 5.52 Å². The molecule has 4 aromatic rings. The van der Waals surface area contributed by atoms with Gasteiger partial charge in [-0.3, -0.25) is 0 Å². The van der Waals surface area contributed by atoms with Crippen molar-refractivity contribution < 1.29 is 26.1 Å². The van der Waals surface area contributed by atoms with Crippen LogP contribution in [0.25, 0.3) is 27.3 Å². The van der Waals surface area contributed by atoms with E-state index in [9.17, 15) is 0 Å². The van der Waals surface area contributed by atoms with E-state index in [1.54, 1.807) is 0 Å². The van der Waals surface area contributed by atoms with E-state index < -0.39 is 0 Å². The Morgan fingerprint density at radius 2 is 1.91 bits per heavy atom. The molecule has 1 N–H and O–H groups in total. The van der Waals surface area contributed by atoms with Crippen molar-refractivity contribution in [1.82, 2.24) is 4.98 Å². The van der Waals surface area contributed by atoms with E-state index in [1.807, 2.05) is 0 Å². The summed E-state index contributed by atoms with van der Waals surface area (Å²) >= 11 is 0. The molecule has 0 saturated carbocycles. The Hall–Kier alpha value is -2.07. The molecule has 3 nitrogen and oxygen atoms in total. The van der Waals surface area contributed by atoms with Gasteiger partial charge in [-0.05, 0) is 18.6 Å². The maximum absolute atomic E-state index is 5.79. The monoisotopic (exact) mass is 370 g/mol. The molecule has 0 unspecified atom stereocenters. The minimum Gasteiger partial charge on any atom is -1.00 e. The van der Waals surface area contributed by atoms with Gasteiger partial charge in [0.05, 0.1) is 6.61 Å². The summed E-state index contributed by atoms with van der Waals surface area (Å²) in [5.41, 5.74) is 3.51. The van der Waals surface area contributed by atoms with Crippen LogP contribution in [-0.2, 0) is 0 Å². The van der Waals surface area contributed by atoms with Crippen molar-refractivity contribution in [3.63, 3.8) is 0 Å². The number of halogens is 1. The van der Waals surface area contributed by atoms with Gasteiger partial charge in [-0.15, -0.1) is 0 Å². The summed E-state index contributed by atoms with van der Waals surface area (Å²) in [5.74, 6) is 0.918. The third-order valence-electron chi connectivity index (χ3n) is 4.12. The second-order valence-corrected chi connectivity index (χ2v) is 5.63. The minimum absolute atomic E-state index is 0. The Labute approximate surface area is 145 Å². The Morgan fingerprint density at radius 3 is 2.78 bits per heavy atom. The molecule has 1 aromatic carbocycles. The minimum atomic E-state index is 0. The summed E-state index contributed by atoms with van der Waals surface area (Å²) in [6, 6.07) is 14.8. The fraction of sp³-hybridized carbons (Fsp3) is 0.211. The van der Waals surface area contributed by atoms with Gasteiger partial charge in [0.2, 0.25) is 11.7 Å². The summed E-state index contributed by atoms with van der Waals surface area (Å²) in [6.07, 6.45) is 6.39. The van der Waals surface area contributed by atoms with E-state index in [1.165, 1.54) is 21.8 Å². The predicted octanol–water partition coefficient (Wildman–Crippen LogP) is 1.24. The average Bonchev–Trinajstić information content (AvgIpc) is 2.94. The Bertz CT molecular complexity index is 961. The number of aromatic nitrogens is 2. The molecule has 3 heterocycles. The number of aromatic amines is 1. The molecule has 0 atom stereocenters. The van der Waals surface area contributed by atoms with E-state index in [2.05, 4.69) is 71.2 Å².